The molecule has 0 aromatic carbocycles. The molecule has 0 heterocycles. The molecule has 2 nitrogen and oxygen atoms in total. The maximum Gasteiger partial charge on any atom is 0.0696 e. The van der Waals surface area contributed by atoms with E-state index >= 15 is 0 Å². The second-order valence-electron chi connectivity index (χ2n) is 4.23. The van der Waals surface area contributed by atoms with Gasteiger partial charge in [0.15, 0.2) is 0 Å². The van der Waals surface area contributed by atoms with Gasteiger partial charge in [-0.2, -0.15) is 0 Å². The molecular formula is C12H27NO. The predicted octanol–water partition coefficient (Wildman–Crippen LogP) is 2.83. The van der Waals surface area contributed by atoms with Crippen molar-refractivity contribution in [3.63, 3.8) is 0 Å². The second-order valence-corrected chi connectivity index (χ2v) is 4.23. The van der Waals surface area contributed by atoms with Crippen molar-refractivity contribution >= 4 is 0 Å². The van der Waals surface area contributed by atoms with Gasteiger partial charge in [0.2, 0.25) is 0 Å². The van der Waals surface area contributed by atoms with Crippen molar-refractivity contribution in [2.45, 2.75) is 59.1 Å². The van der Waals surface area contributed by atoms with Crippen molar-refractivity contribution in [2.75, 3.05) is 13.7 Å². The van der Waals surface area contributed by atoms with E-state index in [1.54, 1.807) is 7.11 Å². The highest BCUT2D eigenvalue weighted by molar-refractivity contribution is 4.75. The lowest BCUT2D eigenvalue weighted by Crippen LogP contribution is -2.40. The Balaban J connectivity index is 3.94. The largest absolute Gasteiger partial charge is 0.380 e. The summed E-state index contributed by atoms with van der Waals surface area (Å²) >= 11 is 0. The molecule has 0 spiro atoms. The fourth-order valence-electron chi connectivity index (χ4n) is 1.91. The van der Waals surface area contributed by atoms with Crippen LogP contribution >= 0.6 is 0 Å². The lowest BCUT2D eigenvalue weighted by molar-refractivity contribution is 0.0748. The van der Waals surface area contributed by atoms with E-state index < -0.39 is 0 Å². The van der Waals surface area contributed by atoms with E-state index in [9.17, 15) is 0 Å². The monoisotopic (exact) mass is 201 g/mol. The molecule has 0 rings (SSSR count). The van der Waals surface area contributed by atoms with Gasteiger partial charge in [-0.25, -0.2) is 0 Å². The van der Waals surface area contributed by atoms with Gasteiger partial charge in [0.1, 0.15) is 0 Å². The van der Waals surface area contributed by atoms with Gasteiger partial charge in [-0.15, -0.1) is 0 Å². The maximum absolute atomic E-state index is 5.38. The molecule has 0 aromatic rings. The van der Waals surface area contributed by atoms with Crippen LogP contribution in [-0.4, -0.2) is 25.8 Å². The van der Waals surface area contributed by atoms with E-state index in [0.29, 0.717) is 12.1 Å². The van der Waals surface area contributed by atoms with Crippen LogP contribution in [0.5, 0.6) is 0 Å². The fourth-order valence-corrected chi connectivity index (χ4v) is 1.91. The highest BCUT2D eigenvalue weighted by atomic mass is 16.5. The molecule has 0 bridgehead atoms. The van der Waals surface area contributed by atoms with E-state index in [2.05, 4.69) is 33.0 Å². The molecule has 0 aromatic heterocycles. The first-order chi connectivity index (χ1) is 6.65. The standard InChI is InChI=1S/C12H27NO/c1-6-8-10(3)9-12(13-7-2)11(4)14-5/h10-13H,6-9H2,1-5H3. The summed E-state index contributed by atoms with van der Waals surface area (Å²) in [6, 6.07) is 0.506. The van der Waals surface area contributed by atoms with Crippen LogP contribution in [0.2, 0.25) is 0 Å². The van der Waals surface area contributed by atoms with E-state index in [1.807, 2.05) is 0 Å². The first-order valence-electron chi connectivity index (χ1n) is 5.91. The van der Waals surface area contributed by atoms with Crippen LogP contribution < -0.4 is 5.32 Å². The Morgan fingerprint density at radius 1 is 1.21 bits per heavy atom. The third-order valence-electron chi connectivity index (χ3n) is 2.84. The first-order valence-corrected chi connectivity index (χ1v) is 5.91. The molecule has 3 unspecified atom stereocenters. The number of rotatable bonds is 8. The highest BCUT2D eigenvalue weighted by Gasteiger charge is 2.17. The van der Waals surface area contributed by atoms with Crippen LogP contribution in [0.1, 0.15) is 47.0 Å². The highest BCUT2D eigenvalue weighted by Crippen LogP contribution is 2.15. The number of hydrogen-bond donors (Lipinski definition) is 1. The molecule has 0 amide bonds. The lowest BCUT2D eigenvalue weighted by atomic mass is 9.94. The zero-order valence-electron chi connectivity index (χ0n) is 10.5. The molecule has 0 saturated carbocycles. The summed E-state index contributed by atoms with van der Waals surface area (Å²) in [4.78, 5) is 0. The molecule has 0 aliphatic carbocycles. The molecule has 14 heavy (non-hydrogen) atoms. The molecule has 0 saturated heterocycles. The quantitative estimate of drug-likeness (QED) is 0.652. The second kappa shape index (κ2) is 8.25. The maximum atomic E-state index is 5.38. The van der Waals surface area contributed by atoms with E-state index in [1.165, 1.54) is 19.3 Å². The SMILES string of the molecule is CCCC(C)CC(NCC)C(C)OC. The smallest absolute Gasteiger partial charge is 0.0696 e. The Hall–Kier alpha value is -0.0800. The number of ether oxygens (including phenoxy) is 1. The molecule has 1 N–H and O–H groups in total. The summed E-state index contributed by atoms with van der Waals surface area (Å²) in [7, 11) is 1.79. The number of nitrogens with one attached hydrogen (secondary N) is 1. The number of methoxy groups -OCH3 is 1. The first kappa shape index (κ1) is 13.9. The summed E-state index contributed by atoms with van der Waals surface area (Å²) in [5.74, 6) is 0.793. The molecule has 86 valence electrons. The summed E-state index contributed by atoms with van der Waals surface area (Å²) in [6.45, 7) is 9.90. The van der Waals surface area contributed by atoms with Crippen molar-refractivity contribution in [3.05, 3.63) is 0 Å². The van der Waals surface area contributed by atoms with Crippen LogP contribution in [-0.2, 0) is 4.74 Å². The van der Waals surface area contributed by atoms with Crippen molar-refractivity contribution in [1.82, 2.24) is 5.32 Å². The molecule has 3 atom stereocenters. The van der Waals surface area contributed by atoms with E-state index in [-0.39, 0.29) is 0 Å². The van der Waals surface area contributed by atoms with Crippen molar-refractivity contribution in [3.8, 4) is 0 Å². The van der Waals surface area contributed by atoms with Crippen molar-refractivity contribution in [1.29, 1.82) is 0 Å². The topological polar surface area (TPSA) is 21.3 Å². The van der Waals surface area contributed by atoms with Crippen LogP contribution in [0.3, 0.4) is 0 Å². The molecule has 0 aliphatic rings. The summed E-state index contributed by atoms with van der Waals surface area (Å²) in [5.41, 5.74) is 0. The van der Waals surface area contributed by atoms with Gasteiger partial charge >= 0.3 is 0 Å². The normalized spacial score (nSPS) is 17.8. The Morgan fingerprint density at radius 2 is 1.86 bits per heavy atom. The Labute approximate surface area is 89.4 Å². The average Bonchev–Trinajstić information content (AvgIpc) is 2.16. The van der Waals surface area contributed by atoms with Gasteiger partial charge < -0.3 is 10.1 Å². The van der Waals surface area contributed by atoms with Gasteiger partial charge in [-0.3, -0.25) is 0 Å². The summed E-state index contributed by atoms with van der Waals surface area (Å²) < 4.78 is 5.38. The van der Waals surface area contributed by atoms with Gasteiger partial charge in [-0.1, -0.05) is 33.6 Å². The average molecular weight is 201 g/mol. The predicted molar refractivity (Wildman–Crippen MR) is 62.6 cm³/mol. The minimum atomic E-state index is 0.314. The Bertz CT molecular complexity index is 127. The zero-order valence-corrected chi connectivity index (χ0v) is 10.5. The minimum Gasteiger partial charge on any atom is -0.380 e. The van der Waals surface area contributed by atoms with Crippen LogP contribution in [0.15, 0.2) is 0 Å². The Kier molecular flexibility index (Phi) is 8.20. The van der Waals surface area contributed by atoms with Crippen LogP contribution in [0.4, 0.5) is 0 Å². The number of likely N-dealkylation sites (N-methyl/N-ethyl adjacent to an activating group) is 1. The van der Waals surface area contributed by atoms with Crippen molar-refractivity contribution in [2.24, 2.45) is 5.92 Å². The van der Waals surface area contributed by atoms with Crippen LogP contribution in [0, 0.1) is 5.92 Å². The van der Waals surface area contributed by atoms with Gasteiger partial charge in [-0.05, 0) is 25.8 Å². The van der Waals surface area contributed by atoms with E-state index in [0.717, 1.165) is 12.5 Å². The summed E-state index contributed by atoms with van der Waals surface area (Å²) in [6.07, 6.45) is 4.13. The molecular weight excluding hydrogens is 174 g/mol. The molecule has 2 heteroatoms. The van der Waals surface area contributed by atoms with Crippen LogP contribution in [0.25, 0.3) is 0 Å². The van der Waals surface area contributed by atoms with Gasteiger partial charge in [0, 0.05) is 13.2 Å². The van der Waals surface area contributed by atoms with Crippen molar-refractivity contribution < 1.29 is 4.74 Å². The minimum absolute atomic E-state index is 0.314. The molecule has 0 fully saturated rings. The van der Waals surface area contributed by atoms with E-state index in [4.69, 9.17) is 4.74 Å². The number of hydrogen-bond acceptors (Lipinski definition) is 2. The lowest BCUT2D eigenvalue weighted by Gasteiger charge is -2.26. The molecule has 0 aliphatic heterocycles. The Morgan fingerprint density at radius 3 is 2.29 bits per heavy atom. The molecule has 0 radical (unpaired) electrons. The third kappa shape index (κ3) is 5.61. The third-order valence-corrected chi connectivity index (χ3v) is 2.84. The zero-order chi connectivity index (χ0) is 11.0. The van der Waals surface area contributed by atoms with Gasteiger partial charge in [0.25, 0.3) is 0 Å². The van der Waals surface area contributed by atoms with Gasteiger partial charge in [0.05, 0.1) is 6.10 Å². The summed E-state index contributed by atoms with van der Waals surface area (Å²) in [5, 5.41) is 3.50. The fraction of sp³-hybridized carbons (Fsp3) is 1.00.